The van der Waals surface area contributed by atoms with Gasteiger partial charge >= 0.3 is 0 Å². The number of ether oxygens (including phenoxy) is 2. The predicted molar refractivity (Wildman–Crippen MR) is 148 cm³/mol. The van der Waals surface area contributed by atoms with Crippen LogP contribution >= 0.6 is 0 Å². The number of Topliss-reactive ketones (excluding diaryl/α,β-unsaturated/α-hetero) is 1. The van der Waals surface area contributed by atoms with Gasteiger partial charge in [-0.15, -0.1) is 0 Å². The smallest absolute Gasteiger partial charge is 0.287 e. The average molecular weight is 590 g/mol. The number of hydrogen-bond donors (Lipinski definition) is 2. The Balaban J connectivity index is 1.46. The van der Waals surface area contributed by atoms with Crippen molar-refractivity contribution in [1.82, 2.24) is 24.5 Å². The van der Waals surface area contributed by atoms with E-state index >= 15 is 0 Å². The summed E-state index contributed by atoms with van der Waals surface area (Å²) in [7, 11) is 0.683. The standard InChI is InChI=1S/C27H35N5O8S/c1-16(2)9-19(30-27(35)24-11-17-10-22(38-4)23(39-5)12-21(17)40-24)26(34)29-18-7-6-8-32(13-20(18)33)41(36,37)25-14-31(3)15-28-25/h10-12,14-16,18-19H,6-9,13H2,1-5H3,(H,29,34)(H,30,35)/t18-,19?/m0/s1. The quantitative estimate of drug-likeness (QED) is 0.359. The van der Waals surface area contributed by atoms with Crippen LogP contribution in [0, 0.1) is 5.92 Å². The third-order valence-electron chi connectivity index (χ3n) is 6.80. The maximum Gasteiger partial charge on any atom is 0.287 e. The summed E-state index contributed by atoms with van der Waals surface area (Å²) in [5, 5.41) is 5.94. The minimum absolute atomic E-state index is 0.00206. The topological polar surface area (TPSA) is 162 Å². The molecule has 2 N–H and O–H groups in total. The molecule has 13 nitrogen and oxygen atoms in total. The normalized spacial score (nSPS) is 17.3. The zero-order valence-electron chi connectivity index (χ0n) is 23.7. The van der Waals surface area contributed by atoms with Crippen molar-refractivity contribution in [2.75, 3.05) is 27.3 Å². The largest absolute Gasteiger partial charge is 0.493 e. The van der Waals surface area contributed by atoms with Crippen LogP contribution in [0.25, 0.3) is 11.0 Å². The first-order valence-corrected chi connectivity index (χ1v) is 14.6. The fraction of sp³-hybridized carbons (Fsp3) is 0.481. The van der Waals surface area contributed by atoms with Gasteiger partial charge in [-0.1, -0.05) is 13.8 Å². The van der Waals surface area contributed by atoms with Gasteiger partial charge in [-0.25, -0.2) is 13.4 Å². The highest BCUT2D eigenvalue weighted by atomic mass is 32.2. The average Bonchev–Trinajstić information content (AvgIpc) is 3.51. The Morgan fingerprint density at radius 2 is 1.88 bits per heavy atom. The Morgan fingerprint density at radius 3 is 2.51 bits per heavy atom. The fourth-order valence-electron chi connectivity index (χ4n) is 4.69. The maximum atomic E-state index is 13.3. The third kappa shape index (κ3) is 6.70. The fourth-order valence-corrected chi connectivity index (χ4v) is 6.10. The Morgan fingerprint density at radius 1 is 1.17 bits per heavy atom. The van der Waals surface area contributed by atoms with Crippen LogP contribution in [0.1, 0.15) is 43.7 Å². The Kier molecular flexibility index (Phi) is 9.02. The van der Waals surface area contributed by atoms with Gasteiger partial charge in [0, 0.05) is 31.2 Å². The van der Waals surface area contributed by atoms with Crippen LogP contribution in [-0.4, -0.2) is 79.3 Å². The molecule has 0 radical (unpaired) electrons. The summed E-state index contributed by atoms with van der Waals surface area (Å²) in [5.41, 5.74) is 0.409. The van der Waals surface area contributed by atoms with Crippen molar-refractivity contribution in [1.29, 1.82) is 0 Å². The number of nitrogens with zero attached hydrogens (tertiary/aromatic N) is 3. The minimum atomic E-state index is -3.96. The highest BCUT2D eigenvalue weighted by Crippen LogP contribution is 2.33. The van der Waals surface area contributed by atoms with Crippen LogP contribution in [-0.2, 0) is 26.7 Å². The van der Waals surface area contributed by atoms with Crippen molar-refractivity contribution < 1.29 is 36.7 Å². The molecule has 1 aromatic carbocycles. The van der Waals surface area contributed by atoms with Crippen molar-refractivity contribution in [2.24, 2.45) is 13.0 Å². The molecule has 2 atom stereocenters. The number of carbonyl (C=O) groups excluding carboxylic acids is 3. The molecular formula is C27H35N5O8S. The first-order chi connectivity index (χ1) is 19.4. The highest BCUT2D eigenvalue weighted by Gasteiger charge is 2.35. The van der Waals surface area contributed by atoms with Crippen molar-refractivity contribution in [2.45, 2.75) is 50.2 Å². The Bertz CT molecular complexity index is 1500. The highest BCUT2D eigenvalue weighted by molar-refractivity contribution is 7.89. The molecule has 0 spiro atoms. The molecule has 0 bridgehead atoms. The summed E-state index contributed by atoms with van der Waals surface area (Å²) in [6.45, 7) is 3.54. The summed E-state index contributed by atoms with van der Waals surface area (Å²) < 4.78 is 44.9. The maximum absolute atomic E-state index is 13.3. The number of ketones is 1. The number of methoxy groups -OCH3 is 2. The van der Waals surface area contributed by atoms with E-state index in [0.717, 1.165) is 4.31 Å². The van der Waals surface area contributed by atoms with Crippen molar-refractivity contribution in [3.63, 3.8) is 0 Å². The van der Waals surface area contributed by atoms with Crippen LogP contribution < -0.4 is 20.1 Å². The zero-order valence-corrected chi connectivity index (χ0v) is 24.5. The van der Waals surface area contributed by atoms with E-state index < -0.39 is 46.2 Å². The van der Waals surface area contributed by atoms with E-state index in [1.54, 1.807) is 25.2 Å². The molecule has 1 unspecified atom stereocenters. The molecule has 2 amide bonds. The van der Waals surface area contributed by atoms with Crippen molar-refractivity contribution in [3.05, 3.63) is 36.5 Å². The molecule has 1 aliphatic rings. The number of aryl methyl sites for hydroxylation is 1. The molecule has 3 aromatic rings. The second-order valence-electron chi connectivity index (χ2n) is 10.4. The summed E-state index contributed by atoms with van der Waals surface area (Å²) in [6, 6.07) is 2.98. The molecule has 0 saturated carbocycles. The van der Waals surface area contributed by atoms with Gasteiger partial charge in [0.2, 0.25) is 5.91 Å². The number of fused-ring (bicyclic) bond motifs is 1. The van der Waals surface area contributed by atoms with Gasteiger partial charge in [0.1, 0.15) is 11.6 Å². The van der Waals surface area contributed by atoms with Crippen LogP contribution in [0.3, 0.4) is 0 Å². The lowest BCUT2D eigenvalue weighted by Crippen LogP contribution is -2.52. The lowest BCUT2D eigenvalue weighted by atomic mass is 10.0. The minimum Gasteiger partial charge on any atom is -0.493 e. The first kappa shape index (κ1) is 30.1. The van der Waals surface area contributed by atoms with E-state index in [1.165, 1.54) is 31.3 Å². The second kappa shape index (κ2) is 12.3. The molecule has 0 aliphatic carbocycles. The molecule has 222 valence electrons. The lowest BCUT2D eigenvalue weighted by molar-refractivity contribution is -0.129. The van der Waals surface area contributed by atoms with Gasteiger partial charge in [-0.3, -0.25) is 14.4 Å². The first-order valence-electron chi connectivity index (χ1n) is 13.2. The third-order valence-corrected chi connectivity index (χ3v) is 8.53. The number of imidazole rings is 1. The number of carbonyl (C=O) groups is 3. The molecule has 4 rings (SSSR count). The Hall–Kier alpha value is -3.91. The molecule has 1 aliphatic heterocycles. The summed E-state index contributed by atoms with van der Waals surface area (Å²) >= 11 is 0. The van der Waals surface area contributed by atoms with Crippen LogP contribution in [0.2, 0.25) is 0 Å². The number of amides is 2. The number of aromatic nitrogens is 2. The van der Waals surface area contributed by atoms with Gasteiger partial charge in [-0.05, 0) is 37.3 Å². The predicted octanol–water partition coefficient (Wildman–Crippen LogP) is 1.87. The number of sulfonamides is 1. The van der Waals surface area contributed by atoms with Crippen LogP contribution in [0.15, 0.2) is 40.2 Å². The van der Waals surface area contributed by atoms with Crippen molar-refractivity contribution >= 4 is 38.6 Å². The molecule has 14 heteroatoms. The van der Waals surface area contributed by atoms with E-state index in [1.807, 2.05) is 13.8 Å². The number of nitrogens with one attached hydrogen (secondary N) is 2. The monoisotopic (exact) mass is 589 g/mol. The molecule has 1 saturated heterocycles. The summed E-state index contributed by atoms with van der Waals surface area (Å²) in [6.07, 6.45) is 3.67. The lowest BCUT2D eigenvalue weighted by Gasteiger charge is -2.23. The number of hydrogen-bond acceptors (Lipinski definition) is 9. The summed E-state index contributed by atoms with van der Waals surface area (Å²) in [5.74, 6) is -0.616. The van der Waals surface area contributed by atoms with Gasteiger partial charge in [0.15, 0.2) is 28.1 Å². The molecular weight excluding hydrogens is 554 g/mol. The number of furan rings is 1. The molecule has 41 heavy (non-hydrogen) atoms. The summed E-state index contributed by atoms with van der Waals surface area (Å²) in [4.78, 5) is 43.4. The van der Waals surface area contributed by atoms with E-state index in [2.05, 4.69) is 15.6 Å². The van der Waals surface area contributed by atoms with Gasteiger partial charge in [0.05, 0.1) is 33.1 Å². The van der Waals surface area contributed by atoms with E-state index in [-0.39, 0.29) is 29.7 Å². The van der Waals surface area contributed by atoms with Gasteiger partial charge < -0.3 is 29.1 Å². The molecule has 1 fully saturated rings. The second-order valence-corrected chi connectivity index (χ2v) is 12.3. The van der Waals surface area contributed by atoms with E-state index in [9.17, 15) is 22.8 Å². The van der Waals surface area contributed by atoms with Gasteiger partial charge in [0.25, 0.3) is 15.9 Å². The Labute approximate surface area is 238 Å². The van der Waals surface area contributed by atoms with Crippen LogP contribution in [0.4, 0.5) is 0 Å². The van der Waals surface area contributed by atoms with E-state index in [4.69, 9.17) is 13.9 Å². The van der Waals surface area contributed by atoms with E-state index in [0.29, 0.717) is 35.3 Å². The SMILES string of the molecule is COc1cc2cc(C(=O)NC(CC(C)C)C(=O)N[C@H]3CCCN(S(=O)(=O)c4cn(C)cn4)CC3=O)oc2cc1OC. The number of benzene rings is 1. The van der Waals surface area contributed by atoms with Gasteiger partial charge in [-0.2, -0.15) is 4.31 Å². The van der Waals surface area contributed by atoms with Crippen molar-refractivity contribution in [3.8, 4) is 11.5 Å². The molecule has 3 heterocycles. The number of rotatable bonds is 10. The molecule has 2 aromatic heterocycles. The van der Waals surface area contributed by atoms with Crippen LogP contribution in [0.5, 0.6) is 11.5 Å². The zero-order chi connectivity index (χ0) is 29.9.